The zero-order valence-corrected chi connectivity index (χ0v) is 14.7. The zero-order chi connectivity index (χ0) is 18.4. The molecule has 1 atom stereocenters. The summed E-state index contributed by atoms with van der Waals surface area (Å²) in [5, 5.41) is 0.704. The van der Waals surface area contributed by atoms with Gasteiger partial charge in [-0.25, -0.2) is 4.39 Å². The summed E-state index contributed by atoms with van der Waals surface area (Å²) in [5.74, 6) is -1.79. The monoisotopic (exact) mass is 384 g/mol. The Hall–Kier alpha value is -2.31. The average Bonchev–Trinajstić information content (AvgIpc) is 2.58. The van der Waals surface area contributed by atoms with Crippen LogP contribution in [0.15, 0.2) is 42.5 Å². The third-order valence-corrected chi connectivity index (χ3v) is 3.94. The minimum absolute atomic E-state index is 0.0562. The van der Waals surface area contributed by atoms with Crippen LogP contribution in [0.2, 0.25) is 10.0 Å². The fourth-order valence-corrected chi connectivity index (χ4v) is 2.45. The van der Waals surface area contributed by atoms with Crippen LogP contribution in [0.3, 0.4) is 0 Å². The van der Waals surface area contributed by atoms with Crippen molar-refractivity contribution in [3.63, 3.8) is 0 Å². The van der Waals surface area contributed by atoms with Crippen molar-refractivity contribution in [1.29, 1.82) is 0 Å². The third kappa shape index (κ3) is 5.34. The fraction of sp³-hybridized carbons (Fsp3) is 0.176. The predicted octanol–water partition coefficient (Wildman–Crippen LogP) is 3.29. The molecule has 2 amide bonds. The van der Waals surface area contributed by atoms with E-state index < -0.39 is 23.7 Å². The van der Waals surface area contributed by atoms with Crippen LogP contribution in [-0.4, -0.2) is 17.9 Å². The first kappa shape index (κ1) is 19.0. The van der Waals surface area contributed by atoms with Gasteiger partial charge in [-0.1, -0.05) is 41.4 Å². The number of carbonyl (C=O) groups excluding carboxylic acids is 2. The van der Waals surface area contributed by atoms with Crippen LogP contribution >= 0.6 is 23.2 Å². The summed E-state index contributed by atoms with van der Waals surface area (Å²) < 4.78 is 18.7. The quantitative estimate of drug-likeness (QED) is 0.777. The van der Waals surface area contributed by atoms with Gasteiger partial charge in [-0.05, 0) is 36.8 Å². The van der Waals surface area contributed by atoms with Crippen LogP contribution < -0.4 is 15.6 Å². The summed E-state index contributed by atoms with van der Waals surface area (Å²) in [6.45, 7) is 1.43. The van der Waals surface area contributed by atoms with E-state index in [0.29, 0.717) is 15.6 Å². The molecule has 0 aliphatic rings. The Morgan fingerprint density at radius 2 is 1.72 bits per heavy atom. The molecule has 2 aromatic rings. The van der Waals surface area contributed by atoms with E-state index in [9.17, 15) is 14.0 Å². The number of amides is 2. The number of rotatable bonds is 5. The van der Waals surface area contributed by atoms with E-state index in [-0.39, 0.29) is 12.2 Å². The van der Waals surface area contributed by atoms with Crippen LogP contribution in [0.25, 0.3) is 0 Å². The topological polar surface area (TPSA) is 67.4 Å². The molecule has 2 aromatic carbocycles. The number of hydrogen-bond donors (Lipinski definition) is 2. The Labute approximate surface area is 154 Å². The highest BCUT2D eigenvalue weighted by atomic mass is 35.5. The summed E-state index contributed by atoms with van der Waals surface area (Å²) in [6, 6.07) is 10.6. The molecule has 25 heavy (non-hydrogen) atoms. The Kier molecular flexibility index (Phi) is 6.61. The lowest BCUT2D eigenvalue weighted by molar-refractivity contribution is -0.132. The Balaban J connectivity index is 1.87. The third-order valence-electron chi connectivity index (χ3n) is 3.23. The molecule has 5 nitrogen and oxygen atoms in total. The first-order valence-electron chi connectivity index (χ1n) is 7.31. The van der Waals surface area contributed by atoms with Gasteiger partial charge in [0, 0.05) is 10.0 Å². The van der Waals surface area contributed by atoms with Gasteiger partial charge in [0.25, 0.3) is 5.91 Å². The van der Waals surface area contributed by atoms with Crippen LogP contribution in [0, 0.1) is 5.82 Å². The van der Waals surface area contributed by atoms with Gasteiger partial charge in [-0.15, -0.1) is 0 Å². The second-order valence-electron chi connectivity index (χ2n) is 5.10. The fourth-order valence-electron chi connectivity index (χ4n) is 1.92. The van der Waals surface area contributed by atoms with E-state index in [1.54, 1.807) is 24.3 Å². The number of hydrogen-bond acceptors (Lipinski definition) is 3. The predicted molar refractivity (Wildman–Crippen MR) is 92.9 cm³/mol. The largest absolute Gasteiger partial charge is 0.478 e. The number of benzene rings is 2. The molecule has 0 aromatic heterocycles. The molecule has 8 heteroatoms. The standard InChI is InChI=1S/C17H15Cl2FN2O3/c1-10(25-15-8-3-2-7-14(15)20)17(24)22-21-16(23)9-11-12(18)5-4-6-13(11)19/h2-8,10H,9H2,1H3,(H,21,23)(H,22,24)/t10-/m0/s1. The van der Waals surface area contributed by atoms with E-state index in [2.05, 4.69) is 10.9 Å². The molecule has 0 aliphatic carbocycles. The molecule has 0 saturated heterocycles. The number of ether oxygens (including phenoxy) is 1. The molecule has 0 heterocycles. The lowest BCUT2D eigenvalue weighted by atomic mass is 10.1. The molecular formula is C17H15Cl2FN2O3. The minimum Gasteiger partial charge on any atom is -0.478 e. The maximum absolute atomic E-state index is 13.5. The molecule has 0 aliphatic heterocycles. The van der Waals surface area contributed by atoms with Crippen molar-refractivity contribution in [3.05, 3.63) is 63.9 Å². The van der Waals surface area contributed by atoms with Gasteiger partial charge < -0.3 is 4.74 Å². The van der Waals surface area contributed by atoms with Gasteiger partial charge in [0.15, 0.2) is 17.7 Å². The molecule has 2 N–H and O–H groups in total. The number of hydrazine groups is 1. The molecule has 2 rings (SSSR count). The van der Waals surface area contributed by atoms with Crippen molar-refractivity contribution in [1.82, 2.24) is 10.9 Å². The van der Waals surface area contributed by atoms with Crippen LogP contribution in [-0.2, 0) is 16.0 Å². The molecule has 0 bridgehead atoms. The summed E-state index contributed by atoms with van der Waals surface area (Å²) >= 11 is 12.0. The van der Waals surface area contributed by atoms with Gasteiger partial charge in [-0.2, -0.15) is 0 Å². The van der Waals surface area contributed by atoms with E-state index in [1.165, 1.54) is 25.1 Å². The molecule has 0 unspecified atom stereocenters. The minimum atomic E-state index is -1.01. The van der Waals surface area contributed by atoms with E-state index in [1.807, 2.05) is 0 Å². The highest BCUT2D eigenvalue weighted by molar-refractivity contribution is 6.36. The molecular weight excluding hydrogens is 370 g/mol. The van der Waals surface area contributed by atoms with Gasteiger partial charge in [0.1, 0.15) is 0 Å². The average molecular weight is 385 g/mol. The highest BCUT2D eigenvalue weighted by Crippen LogP contribution is 2.24. The molecule has 132 valence electrons. The van der Waals surface area contributed by atoms with E-state index >= 15 is 0 Å². The van der Waals surface area contributed by atoms with Crippen molar-refractivity contribution in [2.45, 2.75) is 19.4 Å². The van der Waals surface area contributed by atoms with Crippen molar-refractivity contribution < 1.29 is 18.7 Å². The lowest BCUT2D eigenvalue weighted by Gasteiger charge is -2.15. The maximum atomic E-state index is 13.5. The second-order valence-corrected chi connectivity index (χ2v) is 5.92. The number of halogens is 3. The summed E-state index contributed by atoms with van der Waals surface area (Å²) in [5.41, 5.74) is 4.90. The van der Waals surface area contributed by atoms with E-state index in [0.717, 1.165) is 0 Å². The number of para-hydroxylation sites is 1. The first-order chi connectivity index (χ1) is 11.9. The van der Waals surface area contributed by atoms with Gasteiger partial charge in [0.2, 0.25) is 5.91 Å². The molecule has 0 radical (unpaired) electrons. The van der Waals surface area contributed by atoms with Crippen molar-refractivity contribution in [2.24, 2.45) is 0 Å². The second kappa shape index (κ2) is 8.69. The SMILES string of the molecule is C[C@H](Oc1ccccc1F)C(=O)NNC(=O)Cc1c(Cl)cccc1Cl. The summed E-state index contributed by atoms with van der Waals surface area (Å²) in [4.78, 5) is 23.8. The molecule has 0 fully saturated rings. The van der Waals surface area contributed by atoms with Crippen molar-refractivity contribution >= 4 is 35.0 Å². The Morgan fingerprint density at radius 3 is 2.36 bits per heavy atom. The van der Waals surface area contributed by atoms with Crippen molar-refractivity contribution in [3.8, 4) is 5.75 Å². The van der Waals surface area contributed by atoms with Crippen molar-refractivity contribution in [2.75, 3.05) is 0 Å². The maximum Gasteiger partial charge on any atom is 0.279 e. The zero-order valence-electron chi connectivity index (χ0n) is 13.2. The van der Waals surface area contributed by atoms with Crippen LogP contribution in [0.1, 0.15) is 12.5 Å². The molecule has 0 saturated carbocycles. The Morgan fingerprint density at radius 1 is 1.08 bits per heavy atom. The highest BCUT2D eigenvalue weighted by Gasteiger charge is 2.17. The first-order valence-corrected chi connectivity index (χ1v) is 8.07. The summed E-state index contributed by atoms with van der Waals surface area (Å²) in [7, 11) is 0. The normalized spacial score (nSPS) is 11.5. The van der Waals surface area contributed by atoms with E-state index in [4.69, 9.17) is 27.9 Å². The summed E-state index contributed by atoms with van der Waals surface area (Å²) in [6.07, 6.45) is -1.12. The van der Waals surface area contributed by atoms with Gasteiger partial charge in [-0.3, -0.25) is 20.4 Å². The lowest BCUT2D eigenvalue weighted by Crippen LogP contribution is -2.47. The smallest absolute Gasteiger partial charge is 0.279 e. The number of nitrogens with one attached hydrogen (secondary N) is 2. The molecule has 0 spiro atoms. The van der Waals surface area contributed by atoms with Crippen LogP contribution in [0.5, 0.6) is 5.75 Å². The Bertz CT molecular complexity index is 766. The van der Waals surface area contributed by atoms with Crippen LogP contribution in [0.4, 0.5) is 4.39 Å². The van der Waals surface area contributed by atoms with Gasteiger partial charge in [0.05, 0.1) is 6.42 Å². The van der Waals surface area contributed by atoms with Gasteiger partial charge >= 0.3 is 0 Å². The number of carbonyl (C=O) groups is 2.